The van der Waals surface area contributed by atoms with Crippen molar-refractivity contribution in [3.63, 3.8) is 0 Å². The van der Waals surface area contributed by atoms with Crippen LogP contribution in [0.3, 0.4) is 0 Å². The Hall–Kier alpha value is -0.540. The molecule has 1 saturated carbocycles. The van der Waals surface area contributed by atoms with Crippen LogP contribution in [-0.2, 0) is 0 Å². The van der Waals surface area contributed by atoms with Gasteiger partial charge in [-0.1, -0.05) is 15.9 Å². The Morgan fingerprint density at radius 2 is 1.67 bits per heavy atom. The highest BCUT2D eigenvalue weighted by Gasteiger charge is 2.18. The fourth-order valence-corrected chi connectivity index (χ4v) is 2.27. The lowest BCUT2D eigenvalue weighted by Gasteiger charge is -2.27. The fourth-order valence-electron chi connectivity index (χ4n) is 2.00. The molecule has 0 radical (unpaired) electrons. The molecule has 1 fully saturated rings. The van der Waals surface area contributed by atoms with Crippen LogP contribution in [0.15, 0.2) is 28.7 Å². The fraction of sp³-hybridized carbons (Fsp3) is 0.500. The van der Waals surface area contributed by atoms with E-state index in [1.165, 1.54) is 5.69 Å². The van der Waals surface area contributed by atoms with E-state index in [-0.39, 0.29) is 6.10 Å². The molecule has 1 aromatic carbocycles. The number of anilines is 1. The number of aliphatic hydroxyl groups excluding tert-OH is 1. The van der Waals surface area contributed by atoms with Crippen LogP contribution in [0.5, 0.6) is 0 Å². The van der Waals surface area contributed by atoms with E-state index in [0.29, 0.717) is 6.04 Å². The molecule has 0 saturated heterocycles. The molecule has 0 aromatic heterocycles. The molecule has 1 aliphatic carbocycles. The Kier molecular flexibility index (Phi) is 3.65. The van der Waals surface area contributed by atoms with Gasteiger partial charge in [-0.15, -0.1) is 0 Å². The Labute approximate surface area is 98.8 Å². The molecule has 0 amide bonds. The maximum atomic E-state index is 9.40. The standard InChI is InChI=1S/C12H16BrNO/c13-9-1-3-10(4-2-9)14-11-5-7-12(15)8-6-11/h1-4,11-12,14-15H,5-8H2. The molecular weight excluding hydrogens is 254 g/mol. The first-order chi connectivity index (χ1) is 7.24. The van der Waals surface area contributed by atoms with Gasteiger partial charge >= 0.3 is 0 Å². The summed E-state index contributed by atoms with van der Waals surface area (Å²) in [6.45, 7) is 0. The number of rotatable bonds is 2. The largest absolute Gasteiger partial charge is 0.393 e. The smallest absolute Gasteiger partial charge is 0.0541 e. The maximum absolute atomic E-state index is 9.40. The van der Waals surface area contributed by atoms with Gasteiger partial charge in [-0.2, -0.15) is 0 Å². The molecule has 82 valence electrons. The van der Waals surface area contributed by atoms with E-state index < -0.39 is 0 Å². The molecule has 0 heterocycles. The zero-order valence-electron chi connectivity index (χ0n) is 8.62. The molecule has 0 bridgehead atoms. The van der Waals surface area contributed by atoms with Crippen LogP contribution in [0.1, 0.15) is 25.7 Å². The summed E-state index contributed by atoms with van der Waals surface area (Å²) < 4.78 is 1.10. The summed E-state index contributed by atoms with van der Waals surface area (Å²) in [5.41, 5.74) is 1.17. The van der Waals surface area contributed by atoms with E-state index in [0.717, 1.165) is 30.2 Å². The third kappa shape index (κ3) is 3.21. The molecule has 2 rings (SSSR count). The minimum Gasteiger partial charge on any atom is -0.393 e. The first-order valence-corrected chi connectivity index (χ1v) is 6.23. The molecule has 2 N–H and O–H groups in total. The summed E-state index contributed by atoms with van der Waals surface area (Å²) in [7, 11) is 0. The van der Waals surface area contributed by atoms with Crippen molar-refractivity contribution in [2.45, 2.75) is 37.8 Å². The van der Waals surface area contributed by atoms with Gasteiger partial charge in [0.25, 0.3) is 0 Å². The Morgan fingerprint density at radius 1 is 1.07 bits per heavy atom. The van der Waals surface area contributed by atoms with E-state index in [9.17, 15) is 5.11 Å². The third-order valence-electron chi connectivity index (χ3n) is 2.91. The van der Waals surface area contributed by atoms with Crippen molar-refractivity contribution < 1.29 is 5.11 Å². The van der Waals surface area contributed by atoms with Gasteiger partial charge in [-0.05, 0) is 49.9 Å². The highest BCUT2D eigenvalue weighted by Crippen LogP contribution is 2.22. The summed E-state index contributed by atoms with van der Waals surface area (Å²) in [5, 5.41) is 12.9. The summed E-state index contributed by atoms with van der Waals surface area (Å²) in [6, 6.07) is 8.76. The highest BCUT2D eigenvalue weighted by molar-refractivity contribution is 9.10. The van der Waals surface area contributed by atoms with E-state index in [4.69, 9.17) is 0 Å². The van der Waals surface area contributed by atoms with Crippen molar-refractivity contribution in [2.24, 2.45) is 0 Å². The van der Waals surface area contributed by atoms with Crippen molar-refractivity contribution in [2.75, 3.05) is 5.32 Å². The van der Waals surface area contributed by atoms with Gasteiger partial charge in [0, 0.05) is 16.2 Å². The van der Waals surface area contributed by atoms with Crippen LogP contribution < -0.4 is 5.32 Å². The molecule has 0 atom stereocenters. The predicted molar refractivity (Wildman–Crippen MR) is 66.0 cm³/mol. The van der Waals surface area contributed by atoms with Crippen molar-refractivity contribution >= 4 is 21.6 Å². The SMILES string of the molecule is OC1CCC(Nc2ccc(Br)cc2)CC1. The molecule has 3 heteroatoms. The molecule has 2 nitrogen and oxygen atoms in total. The van der Waals surface area contributed by atoms with E-state index >= 15 is 0 Å². The van der Waals surface area contributed by atoms with Crippen LogP contribution in [0.4, 0.5) is 5.69 Å². The van der Waals surface area contributed by atoms with Gasteiger partial charge in [0.1, 0.15) is 0 Å². The first kappa shape index (κ1) is 11.0. The van der Waals surface area contributed by atoms with Gasteiger partial charge in [0.05, 0.1) is 6.10 Å². The predicted octanol–water partition coefficient (Wildman–Crippen LogP) is 3.16. The Balaban J connectivity index is 1.89. The topological polar surface area (TPSA) is 32.3 Å². The molecule has 0 aliphatic heterocycles. The monoisotopic (exact) mass is 269 g/mol. The minimum absolute atomic E-state index is 0.0760. The second-order valence-corrected chi connectivity index (χ2v) is 5.07. The lowest BCUT2D eigenvalue weighted by molar-refractivity contribution is 0.126. The lowest BCUT2D eigenvalue weighted by atomic mass is 9.93. The van der Waals surface area contributed by atoms with Crippen LogP contribution >= 0.6 is 15.9 Å². The van der Waals surface area contributed by atoms with Crippen LogP contribution in [0.2, 0.25) is 0 Å². The highest BCUT2D eigenvalue weighted by atomic mass is 79.9. The van der Waals surface area contributed by atoms with Gasteiger partial charge in [0.15, 0.2) is 0 Å². The van der Waals surface area contributed by atoms with Crippen molar-refractivity contribution in [3.05, 3.63) is 28.7 Å². The zero-order chi connectivity index (χ0) is 10.7. The second-order valence-electron chi connectivity index (χ2n) is 4.16. The van der Waals surface area contributed by atoms with Crippen LogP contribution in [0.25, 0.3) is 0 Å². The summed E-state index contributed by atoms with van der Waals surface area (Å²) in [6.07, 6.45) is 3.91. The molecule has 1 aliphatic rings. The number of hydrogen-bond donors (Lipinski definition) is 2. The Bertz CT molecular complexity index is 304. The number of aliphatic hydroxyl groups is 1. The molecular formula is C12H16BrNO. The number of hydrogen-bond acceptors (Lipinski definition) is 2. The molecule has 15 heavy (non-hydrogen) atoms. The summed E-state index contributed by atoms with van der Waals surface area (Å²) in [5.74, 6) is 0. The minimum atomic E-state index is -0.0760. The van der Waals surface area contributed by atoms with Gasteiger partial charge in [-0.3, -0.25) is 0 Å². The third-order valence-corrected chi connectivity index (χ3v) is 3.44. The number of halogens is 1. The van der Waals surface area contributed by atoms with Gasteiger partial charge < -0.3 is 10.4 Å². The zero-order valence-corrected chi connectivity index (χ0v) is 10.2. The normalized spacial score (nSPS) is 26.3. The first-order valence-electron chi connectivity index (χ1n) is 5.44. The average Bonchev–Trinajstić information content (AvgIpc) is 2.25. The van der Waals surface area contributed by atoms with Crippen molar-refractivity contribution in [1.82, 2.24) is 0 Å². The second kappa shape index (κ2) is 4.99. The number of benzene rings is 1. The van der Waals surface area contributed by atoms with E-state index in [1.54, 1.807) is 0 Å². The van der Waals surface area contributed by atoms with Crippen LogP contribution in [0, 0.1) is 0 Å². The van der Waals surface area contributed by atoms with E-state index in [1.807, 2.05) is 12.1 Å². The van der Waals surface area contributed by atoms with Crippen molar-refractivity contribution in [1.29, 1.82) is 0 Å². The molecule has 0 unspecified atom stereocenters. The van der Waals surface area contributed by atoms with Gasteiger partial charge in [-0.25, -0.2) is 0 Å². The summed E-state index contributed by atoms with van der Waals surface area (Å²) in [4.78, 5) is 0. The molecule has 1 aromatic rings. The van der Waals surface area contributed by atoms with Crippen LogP contribution in [-0.4, -0.2) is 17.3 Å². The summed E-state index contributed by atoms with van der Waals surface area (Å²) >= 11 is 3.42. The maximum Gasteiger partial charge on any atom is 0.0541 e. The average molecular weight is 270 g/mol. The quantitative estimate of drug-likeness (QED) is 0.865. The molecule has 0 spiro atoms. The van der Waals surface area contributed by atoms with E-state index in [2.05, 4.69) is 33.4 Å². The Morgan fingerprint density at radius 3 is 2.27 bits per heavy atom. The van der Waals surface area contributed by atoms with Gasteiger partial charge in [0.2, 0.25) is 0 Å². The lowest BCUT2D eigenvalue weighted by Crippen LogP contribution is -2.28. The number of nitrogens with one attached hydrogen (secondary N) is 1. The van der Waals surface area contributed by atoms with Crippen molar-refractivity contribution in [3.8, 4) is 0 Å².